The second kappa shape index (κ2) is 8.63. The highest BCUT2D eigenvalue weighted by atomic mass is 16.5. The lowest BCUT2D eigenvalue weighted by molar-refractivity contribution is 0.0600. The molecule has 0 aliphatic rings. The topological polar surface area (TPSA) is 26.3 Å². The van der Waals surface area contributed by atoms with Gasteiger partial charge in [-0.1, -0.05) is 91.0 Å². The zero-order valence-corrected chi connectivity index (χ0v) is 14.6. The standard InChI is InChI=1S/C24H20O2/c1-26-24(25)23-17-15-22(16-18-23)14-13-21-11-9-20(10-12-21)8-7-19-5-3-2-4-6-19/h2-18H,1H3. The molecule has 0 fully saturated rings. The lowest BCUT2D eigenvalue weighted by Crippen LogP contribution is -2.00. The SMILES string of the molecule is COC(=O)c1ccc(C=Cc2ccc(C=Cc3ccccc3)cc2)cc1. The number of hydrogen-bond donors (Lipinski definition) is 0. The molecule has 0 N–H and O–H groups in total. The minimum absolute atomic E-state index is 0.320. The quantitative estimate of drug-likeness (QED) is 0.432. The van der Waals surface area contributed by atoms with E-state index >= 15 is 0 Å². The van der Waals surface area contributed by atoms with E-state index in [1.165, 1.54) is 12.7 Å². The van der Waals surface area contributed by atoms with E-state index in [0.29, 0.717) is 5.56 Å². The van der Waals surface area contributed by atoms with Gasteiger partial charge in [0.05, 0.1) is 12.7 Å². The monoisotopic (exact) mass is 340 g/mol. The zero-order valence-electron chi connectivity index (χ0n) is 14.6. The summed E-state index contributed by atoms with van der Waals surface area (Å²) in [7, 11) is 1.38. The number of carbonyl (C=O) groups excluding carboxylic acids is 1. The maximum absolute atomic E-state index is 11.4. The molecule has 3 aromatic carbocycles. The van der Waals surface area contributed by atoms with Crippen molar-refractivity contribution in [3.05, 3.63) is 107 Å². The number of ether oxygens (including phenoxy) is 1. The first-order chi connectivity index (χ1) is 12.7. The van der Waals surface area contributed by atoms with Crippen molar-refractivity contribution in [3.8, 4) is 0 Å². The molecule has 0 unspecified atom stereocenters. The number of hydrogen-bond acceptors (Lipinski definition) is 2. The van der Waals surface area contributed by atoms with Crippen LogP contribution >= 0.6 is 0 Å². The van der Waals surface area contributed by atoms with Gasteiger partial charge in [-0.05, 0) is 34.4 Å². The van der Waals surface area contributed by atoms with Crippen LogP contribution in [0.1, 0.15) is 32.6 Å². The summed E-state index contributed by atoms with van der Waals surface area (Å²) in [5, 5.41) is 0. The van der Waals surface area contributed by atoms with Crippen molar-refractivity contribution in [1.82, 2.24) is 0 Å². The number of benzene rings is 3. The van der Waals surface area contributed by atoms with Crippen LogP contribution in [0, 0.1) is 0 Å². The minimum Gasteiger partial charge on any atom is -0.465 e. The molecule has 0 radical (unpaired) electrons. The molecule has 128 valence electrons. The number of methoxy groups -OCH3 is 1. The zero-order chi connectivity index (χ0) is 18.2. The molecule has 26 heavy (non-hydrogen) atoms. The lowest BCUT2D eigenvalue weighted by Gasteiger charge is -2.00. The smallest absolute Gasteiger partial charge is 0.337 e. The molecule has 3 rings (SSSR count). The van der Waals surface area contributed by atoms with E-state index in [0.717, 1.165) is 16.7 Å². The Hall–Kier alpha value is -3.39. The Labute approximate surface area is 154 Å². The summed E-state index contributed by atoms with van der Waals surface area (Å²) in [6, 6.07) is 26.0. The Morgan fingerprint density at radius 1 is 0.615 bits per heavy atom. The third-order valence-electron chi connectivity index (χ3n) is 4.00. The highest BCUT2D eigenvalue weighted by molar-refractivity contribution is 5.89. The fraction of sp³-hybridized carbons (Fsp3) is 0.0417. The summed E-state index contributed by atoms with van der Waals surface area (Å²) in [4.78, 5) is 11.4. The van der Waals surface area contributed by atoms with Crippen LogP contribution in [0.5, 0.6) is 0 Å². The van der Waals surface area contributed by atoms with Gasteiger partial charge < -0.3 is 4.74 Å². The lowest BCUT2D eigenvalue weighted by atomic mass is 10.1. The van der Waals surface area contributed by atoms with Crippen LogP contribution in [0.15, 0.2) is 78.9 Å². The van der Waals surface area contributed by atoms with E-state index in [9.17, 15) is 4.79 Å². The molecule has 2 nitrogen and oxygen atoms in total. The molecule has 2 heteroatoms. The van der Waals surface area contributed by atoms with Crippen molar-refractivity contribution in [3.63, 3.8) is 0 Å². The first kappa shape index (κ1) is 17.4. The fourth-order valence-electron chi connectivity index (χ4n) is 2.52. The van der Waals surface area contributed by atoms with Crippen molar-refractivity contribution >= 4 is 30.3 Å². The van der Waals surface area contributed by atoms with Crippen molar-refractivity contribution in [1.29, 1.82) is 0 Å². The van der Waals surface area contributed by atoms with Gasteiger partial charge in [-0.2, -0.15) is 0 Å². The van der Waals surface area contributed by atoms with Gasteiger partial charge in [-0.15, -0.1) is 0 Å². The molecule has 0 aliphatic carbocycles. The van der Waals surface area contributed by atoms with Crippen molar-refractivity contribution in [2.24, 2.45) is 0 Å². The van der Waals surface area contributed by atoms with Gasteiger partial charge in [-0.3, -0.25) is 0 Å². The molecule has 0 atom stereocenters. The van der Waals surface area contributed by atoms with Crippen molar-refractivity contribution < 1.29 is 9.53 Å². The second-order valence-electron chi connectivity index (χ2n) is 5.86. The largest absolute Gasteiger partial charge is 0.465 e. The molecule has 0 aliphatic heterocycles. The van der Waals surface area contributed by atoms with Crippen LogP contribution < -0.4 is 0 Å². The molecule has 0 heterocycles. The van der Waals surface area contributed by atoms with Crippen LogP contribution in [-0.2, 0) is 4.74 Å². The normalized spacial score (nSPS) is 11.1. The molecule has 0 saturated heterocycles. The summed E-state index contributed by atoms with van der Waals surface area (Å²) < 4.78 is 4.70. The second-order valence-corrected chi connectivity index (χ2v) is 5.86. The Morgan fingerprint density at radius 3 is 1.42 bits per heavy atom. The highest BCUT2D eigenvalue weighted by Gasteiger charge is 2.02. The summed E-state index contributed by atoms with van der Waals surface area (Å²) in [6.45, 7) is 0. The van der Waals surface area contributed by atoms with Crippen molar-refractivity contribution in [2.45, 2.75) is 0 Å². The van der Waals surface area contributed by atoms with E-state index in [4.69, 9.17) is 4.74 Å². The van der Waals surface area contributed by atoms with E-state index in [2.05, 4.69) is 54.6 Å². The summed E-state index contributed by atoms with van der Waals surface area (Å²) in [5.41, 5.74) is 5.06. The Morgan fingerprint density at radius 2 is 1.00 bits per heavy atom. The van der Waals surface area contributed by atoms with Crippen LogP contribution in [0.4, 0.5) is 0 Å². The van der Waals surface area contributed by atoms with Gasteiger partial charge in [0.2, 0.25) is 0 Å². The van der Waals surface area contributed by atoms with E-state index in [1.54, 1.807) is 12.1 Å². The van der Waals surface area contributed by atoms with Gasteiger partial charge in [-0.25, -0.2) is 4.79 Å². The Kier molecular flexibility index (Phi) is 5.79. The molecule has 0 saturated carbocycles. The number of esters is 1. The van der Waals surface area contributed by atoms with Gasteiger partial charge >= 0.3 is 5.97 Å². The third-order valence-corrected chi connectivity index (χ3v) is 4.00. The van der Waals surface area contributed by atoms with Gasteiger partial charge in [0.15, 0.2) is 0 Å². The Bertz CT molecular complexity index is 903. The van der Waals surface area contributed by atoms with Crippen LogP contribution in [0.3, 0.4) is 0 Å². The minimum atomic E-state index is -0.320. The van der Waals surface area contributed by atoms with E-state index in [1.807, 2.05) is 36.4 Å². The first-order valence-corrected chi connectivity index (χ1v) is 8.44. The third kappa shape index (κ3) is 4.81. The molecule has 0 spiro atoms. The first-order valence-electron chi connectivity index (χ1n) is 8.44. The summed E-state index contributed by atoms with van der Waals surface area (Å²) in [6.07, 6.45) is 8.29. The summed E-state index contributed by atoms with van der Waals surface area (Å²) in [5.74, 6) is -0.320. The van der Waals surface area contributed by atoms with E-state index < -0.39 is 0 Å². The maximum atomic E-state index is 11.4. The predicted octanol–water partition coefficient (Wildman–Crippen LogP) is 5.81. The van der Waals surface area contributed by atoms with Gasteiger partial charge in [0.25, 0.3) is 0 Å². The van der Waals surface area contributed by atoms with Crippen LogP contribution in [0.2, 0.25) is 0 Å². The van der Waals surface area contributed by atoms with Gasteiger partial charge in [0.1, 0.15) is 0 Å². The molecule has 0 aromatic heterocycles. The average molecular weight is 340 g/mol. The van der Waals surface area contributed by atoms with Gasteiger partial charge in [0, 0.05) is 0 Å². The summed E-state index contributed by atoms with van der Waals surface area (Å²) >= 11 is 0. The fourth-order valence-corrected chi connectivity index (χ4v) is 2.52. The van der Waals surface area contributed by atoms with Crippen molar-refractivity contribution in [2.75, 3.05) is 7.11 Å². The Balaban J connectivity index is 1.64. The molecule has 0 amide bonds. The maximum Gasteiger partial charge on any atom is 0.337 e. The predicted molar refractivity (Wildman–Crippen MR) is 109 cm³/mol. The number of carbonyl (C=O) groups is 1. The molecule has 0 bridgehead atoms. The molecular weight excluding hydrogens is 320 g/mol. The van der Waals surface area contributed by atoms with Crippen LogP contribution in [0.25, 0.3) is 24.3 Å². The van der Waals surface area contributed by atoms with E-state index in [-0.39, 0.29) is 5.97 Å². The molecule has 3 aromatic rings. The number of rotatable bonds is 5. The highest BCUT2D eigenvalue weighted by Crippen LogP contribution is 2.13. The van der Waals surface area contributed by atoms with Crippen LogP contribution in [-0.4, -0.2) is 13.1 Å². The molecular formula is C24H20O2. The average Bonchev–Trinajstić information content (AvgIpc) is 2.72.